The smallest absolute Gasteiger partial charge is 0.263 e. The molecule has 0 spiro atoms. The van der Waals surface area contributed by atoms with Crippen molar-refractivity contribution in [2.45, 2.75) is 45.6 Å². The fourth-order valence-electron chi connectivity index (χ4n) is 2.84. The van der Waals surface area contributed by atoms with Gasteiger partial charge in [0.05, 0.1) is 5.69 Å². The molecule has 0 saturated heterocycles. The fraction of sp³-hybridized carbons (Fsp3) is 0.333. The third kappa shape index (κ3) is 4.41. The molecule has 1 unspecified atom stereocenters. The summed E-state index contributed by atoms with van der Waals surface area (Å²) < 4.78 is 1.95. The first kappa shape index (κ1) is 18.4. The Hall–Kier alpha value is -2.40. The lowest BCUT2D eigenvalue weighted by atomic mass is 10.1. The van der Waals surface area contributed by atoms with Crippen molar-refractivity contribution in [1.82, 2.24) is 14.9 Å². The molecule has 1 amide bonds. The molecule has 0 fully saturated rings. The fourth-order valence-corrected chi connectivity index (χ4v) is 3.93. The average molecular weight is 368 g/mol. The molecule has 0 aliphatic heterocycles. The summed E-state index contributed by atoms with van der Waals surface area (Å²) in [5.41, 5.74) is 2.16. The number of nitrogens with one attached hydrogen (secondary N) is 1. The topological polar surface area (TPSA) is 46.9 Å². The van der Waals surface area contributed by atoms with Crippen molar-refractivity contribution in [2.75, 3.05) is 0 Å². The molecule has 1 atom stereocenters. The quantitative estimate of drug-likeness (QED) is 0.651. The molecule has 2 aromatic heterocycles. The molecule has 0 saturated carbocycles. The summed E-state index contributed by atoms with van der Waals surface area (Å²) in [6.07, 6.45) is 5.77. The molecule has 4 nitrogen and oxygen atoms in total. The molecule has 5 heteroatoms. The molecule has 1 aromatic carbocycles. The van der Waals surface area contributed by atoms with Gasteiger partial charge in [0.1, 0.15) is 4.88 Å². The Balaban J connectivity index is 1.68. The van der Waals surface area contributed by atoms with Crippen LogP contribution < -0.4 is 5.32 Å². The number of nitrogens with zero attached hydrogens (tertiary/aromatic N) is 2. The molecule has 2 heterocycles. The second-order valence-corrected chi connectivity index (χ2v) is 7.83. The summed E-state index contributed by atoms with van der Waals surface area (Å²) in [6.45, 7) is 6.21. The highest BCUT2D eigenvalue weighted by molar-refractivity contribution is 7.16. The number of aromatic nitrogens is 2. The first-order valence-electron chi connectivity index (χ1n) is 9.03. The van der Waals surface area contributed by atoms with Crippen LogP contribution in [0.25, 0.3) is 5.13 Å². The van der Waals surface area contributed by atoms with Crippen molar-refractivity contribution >= 4 is 17.2 Å². The molecule has 3 aromatic rings. The van der Waals surface area contributed by atoms with Gasteiger partial charge in [0.15, 0.2) is 5.13 Å². The Bertz CT molecular complexity index is 838. The number of carbonyl (C=O) groups is 1. The maximum Gasteiger partial charge on any atom is 0.263 e. The lowest BCUT2D eigenvalue weighted by Gasteiger charge is -2.14. The van der Waals surface area contributed by atoms with Crippen LogP contribution in [0.2, 0.25) is 0 Å². The van der Waals surface area contributed by atoms with E-state index in [2.05, 4.69) is 38.2 Å². The molecule has 136 valence electrons. The monoisotopic (exact) mass is 367 g/mol. The van der Waals surface area contributed by atoms with E-state index in [-0.39, 0.29) is 17.9 Å². The van der Waals surface area contributed by atoms with Gasteiger partial charge in [-0.1, -0.05) is 55.5 Å². The van der Waals surface area contributed by atoms with Gasteiger partial charge in [-0.3, -0.25) is 4.79 Å². The maximum absolute atomic E-state index is 12.8. The predicted molar refractivity (Wildman–Crippen MR) is 107 cm³/mol. The van der Waals surface area contributed by atoms with E-state index in [4.69, 9.17) is 4.98 Å². The van der Waals surface area contributed by atoms with Gasteiger partial charge in [-0.15, -0.1) is 0 Å². The number of carbonyl (C=O) groups excluding carboxylic acids is 1. The first-order valence-corrected chi connectivity index (χ1v) is 9.85. The van der Waals surface area contributed by atoms with Gasteiger partial charge >= 0.3 is 0 Å². The molecule has 0 bridgehead atoms. The van der Waals surface area contributed by atoms with Crippen LogP contribution in [0.1, 0.15) is 54.0 Å². The van der Waals surface area contributed by atoms with Gasteiger partial charge in [-0.05, 0) is 43.4 Å². The minimum absolute atomic E-state index is 0.0230. The molecule has 26 heavy (non-hydrogen) atoms. The van der Waals surface area contributed by atoms with E-state index in [9.17, 15) is 4.79 Å². The van der Waals surface area contributed by atoms with Crippen LogP contribution in [0.3, 0.4) is 0 Å². The Morgan fingerprint density at radius 1 is 1.12 bits per heavy atom. The summed E-state index contributed by atoms with van der Waals surface area (Å²) in [6, 6.07) is 14.4. The van der Waals surface area contributed by atoms with Crippen molar-refractivity contribution in [1.29, 1.82) is 0 Å². The van der Waals surface area contributed by atoms with Gasteiger partial charge in [-0.2, -0.15) is 0 Å². The minimum atomic E-state index is -0.0230. The lowest BCUT2D eigenvalue weighted by molar-refractivity contribution is 0.0941. The predicted octanol–water partition coefficient (Wildman–Crippen LogP) is 4.81. The number of hydrogen-bond donors (Lipinski definition) is 1. The molecular weight excluding hydrogens is 342 g/mol. The zero-order valence-corrected chi connectivity index (χ0v) is 16.3. The van der Waals surface area contributed by atoms with E-state index < -0.39 is 0 Å². The van der Waals surface area contributed by atoms with E-state index in [1.165, 1.54) is 16.9 Å². The van der Waals surface area contributed by atoms with E-state index in [0.717, 1.165) is 28.5 Å². The van der Waals surface area contributed by atoms with Gasteiger partial charge < -0.3 is 9.88 Å². The van der Waals surface area contributed by atoms with Crippen LogP contribution >= 0.6 is 11.3 Å². The van der Waals surface area contributed by atoms with Crippen molar-refractivity contribution in [2.24, 2.45) is 0 Å². The largest absolute Gasteiger partial charge is 0.349 e. The molecule has 3 rings (SSSR count). The average Bonchev–Trinajstić information content (AvgIpc) is 3.30. The van der Waals surface area contributed by atoms with E-state index in [0.29, 0.717) is 0 Å². The van der Waals surface area contributed by atoms with Crippen LogP contribution in [0, 0.1) is 0 Å². The Morgan fingerprint density at radius 2 is 1.81 bits per heavy atom. The lowest BCUT2D eigenvalue weighted by Crippen LogP contribution is -2.33. The summed E-state index contributed by atoms with van der Waals surface area (Å²) in [5.74, 6) is 0.182. The molecule has 0 aliphatic rings. The van der Waals surface area contributed by atoms with Gasteiger partial charge in [0.25, 0.3) is 5.91 Å². The van der Waals surface area contributed by atoms with Crippen molar-refractivity contribution < 1.29 is 4.79 Å². The van der Waals surface area contributed by atoms with Gasteiger partial charge in [0.2, 0.25) is 0 Å². The highest BCUT2D eigenvalue weighted by atomic mass is 32.1. The second kappa shape index (κ2) is 8.32. The van der Waals surface area contributed by atoms with Crippen LogP contribution in [0.15, 0.2) is 54.9 Å². The van der Waals surface area contributed by atoms with E-state index in [1.807, 2.05) is 47.3 Å². The third-order valence-corrected chi connectivity index (χ3v) is 5.39. The van der Waals surface area contributed by atoms with E-state index in [1.54, 1.807) is 0 Å². The number of thiazole rings is 1. The Labute approximate surface area is 158 Å². The van der Waals surface area contributed by atoms with Crippen molar-refractivity contribution in [3.05, 3.63) is 71.0 Å². The number of rotatable bonds is 7. The van der Waals surface area contributed by atoms with Gasteiger partial charge in [-0.25, -0.2) is 4.98 Å². The maximum atomic E-state index is 12.8. The molecular formula is C21H25N3OS. The van der Waals surface area contributed by atoms with Crippen LogP contribution in [0.4, 0.5) is 0 Å². The summed E-state index contributed by atoms with van der Waals surface area (Å²) in [4.78, 5) is 18.2. The second-order valence-electron chi connectivity index (χ2n) is 6.85. The Morgan fingerprint density at radius 3 is 2.46 bits per heavy atom. The highest BCUT2D eigenvalue weighted by Gasteiger charge is 2.22. The summed E-state index contributed by atoms with van der Waals surface area (Å²) in [7, 11) is 0. The SMILES string of the molecule is CC(CCc1ccccc1)NC(=O)c1sc(-n2cccc2)nc1C(C)C. The summed E-state index contributed by atoms with van der Waals surface area (Å²) >= 11 is 1.45. The first-order chi connectivity index (χ1) is 12.5. The van der Waals surface area contributed by atoms with Crippen molar-refractivity contribution in [3.8, 4) is 5.13 Å². The molecule has 1 N–H and O–H groups in total. The van der Waals surface area contributed by atoms with E-state index >= 15 is 0 Å². The minimum Gasteiger partial charge on any atom is -0.349 e. The normalized spacial score (nSPS) is 12.3. The standard InChI is InChI=1S/C21H25N3OS/c1-15(2)18-19(26-21(23-18)24-13-7-8-14-24)20(25)22-16(3)11-12-17-9-5-4-6-10-17/h4-10,13-16H,11-12H2,1-3H3,(H,22,25). The number of hydrogen-bond acceptors (Lipinski definition) is 3. The highest BCUT2D eigenvalue weighted by Crippen LogP contribution is 2.27. The number of amides is 1. The zero-order valence-electron chi connectivity index (χ0n) is 15.5. The zero-order chi connectivity index (χ0) is 18.5. The Kier molecular flexibility index (Phi) is 5.89. The molecule has 0 aliphatic carbocycles. The van der Waals surface area contributed by atoms with Crippen LogP contribution in [0.5, 0.6) is 0 Å². The number of aryl methyl sites for hydroxylation is 1. The van der Waals surface area contributed by atoms with Crippen LogP contribution in [-0.4, -0.2) is 21.5 Å². The third-order valence-electron chi connectivity index (χ3n) is 4.31. The van der Waals surface area contributed by atoms with Crippen LogP contribution in [-0.2, 0) is 6.42 Å². The van der Waals surface area contributed by atoms with Gasteiger partial charge in [0, 0.05) is 18.4 Å². The number of benzene rings is 1. The summed E-state index contributed by atoms with van der Waals surface area (Å²) in [5, 5.41) is 3.98. The molecule has 0 radical (unpaired) electrons. The van der Waals surface area contributed by atoms with Crippen molar-refractivity contribution in [3.63, 3.8) is 0 Å².